The highest BCUT2D eigenvalue weighted by atomic mass is 32.2. The van der Waals surface area contributed by atoms with E-state index in [-0.39, 0.29) is 4.75 Å². The summed E-state index contributed by atoms with van der Waals surface area (Å²) in [5, 5.41) is 0. The molecule has 1 fully saturated rings. The van der Waals surface area contributed by atoms with Gasteiger partial charge in [0.05, 0.1) is 0 Å². The second-order valence-electron chi connectivity index (χ2n) is 3.45. The number of hydrogen-bond donors (Lipinski definition) is 1. The second kappa shape index (κ2) is 5.05. The molecule has 0 aromatic heterocycles. The lowest BCUT2D eigenvalue weighted by Gasteiger charge is -2.12. The molecule has 0 aromatic rings. The van der Waals surface area contributed by atoms with Gasteiger partial charge in [-0.2, -0.15) is 0 Å². The van der Waals surface area contributed by atoms with E-state index in [0.29, 0.717) is 0 Å². The summed E-state index contributed by atoms with van der Waals surface area (Å²) in [6, 6.07) is 0. The van der Waals surface area contributed by atoms with Crippen molar-refractivity contribution in [2.24, 2.45) is 0 Å². The number of amides is 1. The first-order chi connectivity index (χ1) is 6.72. The van der Waals surface area contributed by atoms with Gasteiger partial charge in [0.15, 0.2) is 0 Å². The van der Waals surface area contributed by atoms with Gasteiger partial charge in [0.1, 0.15) is 0 Å². The van der Waals surface area contributed by atoms with Gasteiger partial charge in [0.2, 0.25) is 6.41 Å². The maximum Gasteiger partial charge on any atom is 0.216 e. The molecule has 76 valence electrons. The molecule has 0 aliphatic heterocycles. The summed E-state index contributed by atoms with van der Waals surface area (Å²) >= 11 is 1.51. The van der Waals surface area contributed by atoms with Crippen LogP contribution < -0.4 is 4.72 Å². The molecule has 0 radical (unpaired) electrons. The SMILES string of the molecule is C=C/C=C\C(=C)CC1(SNC=O)CC1. The van der Waals surface area contributed by atoms with Crippen LogP contribution in [0.25, 0.3) is 0 Å². The summed E-state index contributed by atoms with van der Waals surface area (Å²) in [5.41, 5.74) is 1.09. The molecular formula is C11H15NOS. The first-order valence-corrected chi connectivity index (χ1v) is 5.38. The molecular weight excluding hydrogens is 194 g/mol. The van der Waals surface area contributed by atoms with Crippen LogP contribution in [0.1, 0.15) is 19.3 Å². The van der Waals surface area contributed by atoms with Gasteiger partial charge >= 0.3 is 0 Å². The van der Waals surface area contributed by atoms with Crippen molar-refractivity contribution in [3.05, 3.63) is 37.0 Å². The van der Waals surface area contributed by atoms with Crippen molar-refractivity contribution >= 4 is 18.4 Å². The van der Waals surface area contributed by atoms with Gasteiger partial charge in [0.25, 0.3) is 0 Å². The highest BCUT2D eigenvalue weighted by molar-refractivity contribution is 7.99. The third-order valence-corrected chi connectivity index (χ3v) is 3.35. The molecule has 0 saturated heterocycles. The minimum atomic E-state index is 0.212. The van der Waals surface area contributed by atoms with Crippen LogP contribution in [0, 0.1) is 0 Å². The Hall–Kier alpha value is -0.960. The topological polar surface area (TPSA) is 29.1 Å². The molecule has 0 heterocycles. The van der Waals surface area contributed by atoms with E-state index >= 15 is 0 Å². The maximum absolute atomic E-state index is 10.2. The first-order valence-electron chi connectivity index (χ1n) is 4.56. The van der Waals surface area contributed by atoms with Crippen LogP contribution in [0.2, 0.25) is 0 Å². The third kappa shape index (κ3) is 3.42. The molecule has 1 aliphatic rings. The Morgan fingerprint density at radius 2 is 2.29 bits per heavy atom. The second-order valence-corrected chi connectivity index (χ2v) is 4.76. The first kappa shape index (κ1) is 11.1. The Bertz CT molecular complexity index is 266. The monoisotopic (exact) mass is 209 g/mol. The standard InChI is InChI=1S/C11H15NOS/c1-3-4-5-10(2)8-11(6-7-11)14-12-9-13/h3-5,9H,1-2,6-8H2,(H,12,13)/b5-4-. The lowest BCUT2D eigenvalue weighted by molar-refractivity contribution is -0.107. The number of rotatable bonds is 7. The smallest absolute Gasteiger partial charge is 0.216 e. The van der Waals surface area contributed by atoms with E-state index in [1.165, 1.54) is 11.9 Å². The molecule has 3 heteroatoms. The van der Waals surface area contributed by atoms with Crippen LogP contribution in [0.15, 0.2) is 37.0 Å². The molecule has 0 aromatic carbocycles. The average molecular weight is 209 g/mol. The Balaban J connectivity index is 2.35. The summed E-state index contributed by atoms with van der Waals surface area (Å²) in [7, 11) is 0. The lowest BCUT2D eigenvalue weighted by atomic mass is 10.1. The van der Waals surface area contributed by atoms with Crippen molar-refractivity contribution in [1.82, 2.24) is 4.72 Å². The maximum atomic E-state index is 10.2. The fourth-order valence-electron chi connectivity index (χ4n) is 1.28. The number of allylic oxidation sites excluding steroid dienone is 4. The van der Waals surface area contributed by atoms with Crippen molar-refractivity contribution in [2.45, 2.75) is 24.0 Å². The van der Waals surface area contributed by atoms with Gasteiger partial charge in [-0.1, -0.05) is 37.0 Å². The summed E-state index contributed by atoms with van der Waals surface area (Å²) in [6.07, 6.45) is 9.56. The predicted molar refractivity (Wildman–Crippen MR) is 61.8 cm³/mol. The molecule has 0 unspecified atom stereocenters. The largest absolute Gasteiger partial charge is 0.302 e. The minimum absolute atomic E-state index is 0.212. The predicted octanol–water partition coefficient (Wildman–Crippen LogP) is 2.60. The Kier molecular flexibility index (Phi) is 4.01. The van der Waals surface area contributed by atoms with Crippen molar-refractivity contribution in [1.29, 1.82) is 0 Å². The molecule has 0 bridgehead atoms. The minimum Gasteiger partial charge on any atom is -0.302 e. The van der Waals surface area contributed by atoms with E-state index < -0.39 is 0 Å². The van der Waals surface area contributed by atoms with Gasteiger partial charge in [-0.25, -0.2) is 0 Å². The normalized spacial score (nSPS) is 17.7. The Morgan fingerprint density at radius 3 is 2.79 bits per heavy atom. The summed E-state index contributed by atoms with van der Waals surface area (Å²) in [6.45, 7) is 7.56. The number of carbonyl (C=O) groups is 1. The van der Waals surface area contributed by atoms with Crippen LogP contribution >= 0.6 is 11.9 Å². The quantitative estimate of drug-likeness (QED) is 0.397. The zero-order chi connectivity index (χ0) is 10.4. The molecule has 0 atom stereocenters. The molecule has 1 rings (SSSR count). The van der Waals surface area contributed by atoms with E-state index in [1.54, 1.807) is 6.08 Å². The molecule has 1 aliphatic carbocycles. The number of nitrogens with one attached hydrogen (secondary N) is 1. The van der Waals surface area contributed by atoms with E-state index in [0.717, 1.165) is 31.2 Å². The summed E-state index contributed by atoms with van der Waals surface area (Å²) in [4.78, 5) is 10.2. The highest BCUT2D eigenvalue weighted by Gasteiger charge is 2.43. The van der Waals surface area contributed by atoms with E-state index in [9.17, 15) is 4.79 Å². The molecule has 2 nitrogen and oxygen atoms in total. The zero-order valence-corrected chi connectivity index (χ0v) is 8.98. The van der Waals surface area contributed by atoms with Gasteiger partial charge in [0, 0.05) is 4.75 Å². The zero-order valence-electron chi connectivity index (χ0n) is 8.16. The van der Waals surface area contributed by atoms with Crippen LogP contribution in [0.5, 0.6) is 0 Å². The van der Waals surface area contributed by atoms with Crippen LogP contribution in [0.4, 0.5) is 0 Å². The molecule has 1 N–H and O–H groups in total. The van der Waals surface area contributed by atoms with Crippen molar-refractivity contribution in [3.63, 3.8) is 0 Å². The number of hydrogen-bond acceptors (Lipinski definition) is 2. The van der Waals surface area contributed by atoms with Gasteiger partial charge < -0.3 is 4.72 Å². The Labute approximate surface area is 89.3 Å². The summed E-state index contributed by atoms with van der Waals surface area (Å²) in [5.74, 6) is 0. The van der Waals surface area contributed by atoms with Gasteiger partial charge in [-0.3, -0.25) is 4.79 Å². The van der Waals surface area contributed by atoms with Crippen LogP contribution in [-0.2, 0) is 4.79 Å². The average Bonchev–Trinajstić information content (AvgIpc) is 2.92. The molecule has 1 amide bonds. The molecule has 1 saturated carbocycles. The fraction of sp³-hybridized carbons (Fsp3) is 0.364. The van der Waals surface area contributed by atoms with E-state index in [4.69, 9.17) is 0 Å². The van der Waals surface area contributed by atoms with E-state index in [1.807, 2.05) is 12.2 Å². The third-order valence-electron chi connectivity index (χ3n) is 2.15. The lowest BCUT2D eigenvalue weighted by Crippen LogP contribution is -2.12. The number of carbonyl (C=O) groups excluding carboxylic acids is 1. The van der Waals surface area contributed by atoms with Gasteiger partial charge in [-0.05, 0) is 31.2 Å². The molecule has 14 heavy (non-hydrogen) atoms. The summed E-state index contributed by atoms with van der Waals surface area (Å²) < 4.78 is 2.88. The van der Waals surface area contributed by atoms with E-state index in [2.05, 4.69) is 17.9 Å². The van der Waals surface area contributed by atoms with Crippen molar-refractivity contribution in [3.8, 4) is 0 Å². The van der Waals surface area contributed by atoms with Crippen LogP contribution in [0.3, 0.4) is 0 Å². The fourth-order valence-corrected chi connectivity index (χ4v) is 2.14. The highest BCUT2D eigenvalue weighted by Crippen LogP contribution is 2.51. The van der Waals surface area contributed by atoms with Crippen molar-refractivity contribution in [2.75, 3.05) is 0 Å². The molecule has 0 spiro atoms. The Morgan fingerprint density at radius 1 is 1.57 bits per heavy atom. The van der Waals surface area contributed by atoms with Crippen molar-refractivity contribution < 1.29 is 4.79 Å². The van der Waals surface area contributed by atoms with Gasteiger partial charge in [-0.15, -0.1) is 0 Å². The van der Waals surface area contributed by atoms with Crippen LogP contribution in [-0.4, -0.2) is 11.2 Å².